The van der Waals surface area contributed by atoms with E-state index in [1.807, 2.05) is 6.08 Å². The molecule has 4 rings (SSSR count). The third kappa shape index (κ3) is 2.06. The molecule has 0 radical (unpaired) electrons. The molecule has 2 fully saturated rings. The Morgan fingerprint density at radius 1 is 1.38 bits per heavy atom. The quantitative estimate of drug-likeness (QED) is 0.790. The van der Waals surface area contributed by atoms with E-state index in [9.17, 15) is 5.11 Å². The van der Waals surface area contributed by atoms with Crippen LogP contribution in [0, 0.1) is 17.3 Å². The fourth-order valence-electron chi connectivity index (χ4n) is 4.77. The number of rotatable bonds is 5. The summed E-state index contributed by atoms with van der Waals surface area (Å²) in [6.45, 7) is 11.2. The molecule has 3 heteroatoms. The molecule has 4 atom stereocenters. The molecule has 0 unspecified atom stereocenters. The van der Waals surface area contributed by atoms with Gasteiger partial charge in [-0.15, -0.1) is 13.2 Å². The molecule has 0 aromatic heterocycles. The van der Waals surface area contributed by atoms with E-state index in [-0.39, 0.29) is 11.3 Å². The lowest BCUT2D eigenvalue weighted by atomic mass is 9.50. The maximum atomic E-state index is 10.7. The van der Waals surface area contributed by atoms with Crippen LogP contribution in [0.25, 0.3) is 0 Å². The lowest BCUT2D eigenvalue weighted by Crippen LogP contribution is -2.62. The van der Waals surface area contributed by atoms with Crippen molar-refractivity contribution in [2.75, 3.05) is 13.2 Å². The Kier molecular flexibility index (Phi) is 3.85. The fourth-order valence-corrected chi connectivity index (χ4v) is 4.77. The van der Waals surface area contributed by atoms with E-state index in [4.69, 9.17) is 9.47 Å². The van der Waals surface area contributed by atoms with Gasteiger partial charge in [-0.05, 0) is 32.1 Å². The molecule has 1 N–H and O–H groups in total. The van der Waals surface area contributed by atoms with E-state index in [1.165, 1.54) is 5.57 Å². The molecule has 1 spiro atoms. The highest BCUT2D eigenvalue weighted by molar-refractivity contribution is 5.29. The molecule has 1 saturated heterocycles. The van der Waals surface area contributed by atoms with E-state index in [0.29, 0.717) is 25.6 Å². The van der Waals surface area contributed by atoms with Crippen molar-refractivity contribution in [3.05, 3.63) is 37.0 Å². The third-order valence-electron chi connectivity index (χ3n) is 5.66. The van der Waals surface area contributed by atoms with Gasteiger partial charge < -0.3 is 14.6 Å². The number of fused-ring (bicyclic) bond motifs is 1. The summed E-state index contributed by atoms with van der Waals surface area (Å²) < 4.78 is 12.3. The number of aliphatic hydroxyl groups is 1. The molecule has 3 nitrogen and oxygen atoms in total. The van der Waals surface area contributed by atoms with Crippen molar-refractivity contribution in [3.63, 3.8) is 0 Å². The number of hydrogen-bond donors (Lipinski definition) is 1. The molecule has 1 aliphatic heterocycles. The number of allylic oxidation sites excluding steroid dienone is 2. The first-order valence-corrected chi connectivity index (χ1v) is 7.95. The Balaban J connectivity index is 2.07. The highest BCUT2D eigenvalue weighted by Gasteiger charge is 2.65. The smallest absolute Gasteiger partial charge is 0.178 e. The van der Waals surface area contributed by atoms with Gasteiger partial charge in [0.05, 0.1) is 24.7 Å². The Morgan fingerprint density at radius 3 is 2.71 bits per heavy atom. The van der Waals surface area contributed by atoms with Crippen molar-refractivity contribution in [1.29, 1.82) is 0 Å². The van der Waals surface area contributed by atoms with E-state index in [1.54, 1.807) is 6.08 Å². The van der Waals surface area contributed by atoms with Gasteiger partial charge in [0.1, 0.15) is 0 Å². The van der Waals surface area contributed by atoms with E-state index in [2.05, 4.69) is 26.2 Å². The van der Waals surface area contributed by atoms with Gasteiger partial charge in [0, 0.05) is 12.3 Å². The second-order valence-electron chi connectivity index (χ2n) is 6.71. The number of ether oxygens (including phenoxy) is 2. The summed E-state index contributed by atoms with van der Waals surface area (Å²) in [4.78, 5) is 0. The van der Waals surface area contributed by atoms with Crippen molar-refractivity contribution >= 4 is 0 Å². The molecule has 3 aliphatic carbocycles. The predicted molar refractivity (Wildman–Crippen MR) is 82.7 cm³/mol. The highest BCUT2D eigenvalue weighted by atomic mass is 16.7. The molecule has 0 aromatic carbocycles. The maximum absolute atomic E-state index is 10.7. The minimum Gasteiger partial charge on any atom is -0.392 e. The Labute approximate surface area is 127 Å². The lowest BCUT2D eigenvalue weighted by Gasteiger charge is -2.59. The summed E-state index contributed by atoms with van der Waals surface area (Å²) in [6, 6.07) is 0. The largest absolute Gasteiger partial charge is 0.392 e. The van der Waals surface area contributed by atoms with Gasteiger partial charge >= 0.3 is 0 Å². The molecule has 0 amide bonds. The second kappa shape index (κ2) is 5.38. The summed E-state index contributed by atoms with van der Waals surface area (Å²) >= 11 is 0. The molecule has 2 bridgehead atoms. The van der Waals surface area contributed by atoms with Crippen molar-refractivity contribution < 1.29 is 14.6 Å². The Hall–Kier alpha value is -0.900. The third-order valence-corrected chi connectivity index (χ3v) is 5.66. The highest BCUT2D eigenvalue weighted by Crippen LogP contribution is 2.63. The Bertz CT molecular complexity index is 461. The van der Waals surface area contributed by atoms with Crippen molar-refractivity contribution in [2.45, 2.75) is 44.5 Å². The van der Waals surface area contributed by atoms with Crippen LogP contribution in [-0.4, -0.2) is 30.2 Å². The van der Waals surface area contributed by atoms with Gasteiger partial charge in [-0.25, -0.2) is 0 Å². The standard InChI is InChI=1S/C18H26O3/c1-4-6-16(19)15-10-14-12-18(20-8-9-21-18)17(15,7-5-2)11-13(14)3/h4-5,11,14-16,19H,1-2,6-10,12H2,3H3/t14-,15-,16+,17+/m1/s1. The molecular formula is C18H26O3. The van der Waals surface area contributed by atoms with Crippen molar-refractivity contribution in [2.24, 2.45) is 17.3 Å². The van der Waals surface area contributed by atoms with Gasteiger partial charge in [0.25, 0.3) is 0 Å². The first-order valence-electron chi connectivity index (χ1n) is 7.95. The Morgan fingerprint density at radius 2 is 2.10 bits per heavy atom. The maximum Gasteiger partial charge on any atom is 0.178 e. The average Bonchev–Trinajstić information content (AvgIpc) is 2.90. The van der Waals surface area contributed by atoms with Crippen LogP contribution in [0.15, 0.2) is 37.0 Å². The monoisotopic (exact) mass is 290 g/mol. The van der Waals surface area contributed by atoms with Gasteiger partial charge in [-0.1, -0.05) is 23.8 Å². The first-order chi connectivity index (χ1) is 10.1. The van der Waals surface area contributed by atoms with E-state index in [0.717, 1.165) is 19.3 Å². The molecule has 4 aliphatic rings. The number of aliphatic hydroxyl groups excluding tert-OH is 1. The lowest BCUT2D eigenvalue weighted by molar-refractivity contribution is -0.278. The summed E-state index contributed by atoms with van der Waals surface area (Å²) in [5.41, 5.74) is 1.11. The molecule has 116 valence electrons. The van der Waals surface area contributed by atoms with Gasteiger partial charge in [0.2, 0.25) is 0 Å². The molecule has 1 heterocycles. The predicted octanol–water partition coefficient (Wildman–Crippen LogP) is 3.22. The first kappa shape index (κ1) is 15.0. The van der Waals surface area contributed by atoms with Crippen LogP contribution in [0.3, 0.4) is 0 Å². The molecular weight excluding hydrogens is 264 g/mol. The summed E-state index contributed by atoms with van der Waals surface area (Å²) in [6.07, 6.45) is 8.94. The minimum atomic E-state index is -0.573. The van der Waals surface area contributed by atoms with Crippen LogP contribution in [-0.2, 0) is 9.47 Å². The van der Waals surface area contributed by atoms with E-state index >= 15 is 0 Å². The van der Waals surface area contributed by atoms with Gasteiger partial charge in [-0.2, -0.15) is 0 Å². The van der Waals surface area contributed by atoms with Crippen LogP contribution in [0.5, 0.6) is 0 Å². The van der Waals surface area contributed by atoms with Gasteiger partial charge in [0.15, 0.2) is 5.79 Å². The minimum absolute atomic E-state index is 0.133. The van der Waals surface area contributed by atoms with Gasteiger partial charge in [-0.3, -0.25) is 0 Å². The number of hydrogen-bond acceptors (Lipinski definition) is 3. The van der Waals surface area contributed by atoms with E-state index < -0.39 is 11.9 Å². The molecule has 0 aromatic rings. The SMILES string of the molecule is C=CC[C@H](O)[C@H]1C[C@@H]2CC3(OCCO3)[C@@]1(CC=C)C=C2C. The van der Waals surface area contributed by atoms with Crippen LogP contribution >= 0.6 is 0 Å². The fraction of sp³-hybridized carbons (Fsp3) is 0.667. The average molecular weight is 290 g/mol. The molecule has 21 heavy (non-hydrogen) atoms. The van der Waals surface area contributed by atoms with Crippen LogP contribution in [0.1, 0.15) is 32.6 Å². The topological polar surface area (TPSA) is 38.7 Å². The summed E-state index contributed by atoms with van der Waals surface area (Å²) in [7, 11) is 0. The van der Waals surface area contributed by atoms with Crippen molar-refractivity contribution in [3.8, 4) is 0 Å². The summed E-state index contributed by atoms with van der Waals surface area (Å²) in [5, 5.41) is 10.7. The van der Waals surface area contributed by atoms with Crippen LogP contribution in [0.2, 0.25) is 0 Å². The second-order valence-corrected chi connectivity index (χ2v) is 6.71. The summed E-state index contributed by atoms with van der Waals surface area (Å²) in [5.74, 6) is 0.00415. The van der Waals surface area contributed by atoms with Crippen molar-refractivity contribution in [1.82, 2.24) is 0 Å². The normalized spacial score (nSPS) is 38.3. The zero-order valence-electron chi connectivity index (χ0n) is 12.9. The zero-order valence-corrected chi connectivity index (χ0v) is 12.9. The zero-order chi connectivity index (χ0) is 15.1. The van der Waals surface area contributed by atoms with Crippen LogP contribution in [0.4, 0.5) is 0 Å². The van der Waals surface area contributed by atoms with Crippen LogP contribution < -0.4 is 0 Å². The molecule has 1 saturated carbocycles.